The SMILES string of the molecule is COc1ccc(-c2nc3cc(N=Cc4cc(Cl)cc(I)c4O)ccc3o2)cc1. The normalized spacial score (nSPS) is 11.4. The van der Waals surface area contributed by atoms with Crippen molar-refractivity contribution in [2.75, 3.05) is 7.11 Å². The molecule has 0 saturated heterocycles. The summed E-state index contributed by atoms with van der Waals surface area (Å²) in [7, 11) is 1.63. The number of aromatic hydroxyl groups is 1. The molecule has 7 heteroatoms. The lowest BCUT2D eigenvalue weighted by atomic mass is 10.2. The van der Waals surface area contributed by atoms with E-state index in [1.165, 1.54) is 0 Å². The lowest BCUT2D eigenvalue weighted by Crippen LogP contribution is -1.86. The summed E-state index contributed by atoms with van der Waals surface area (Å²) in [4.78, 5) is 8.98. The quantitative estimate of drug-likeness (QED) is 0.265. The van der Waals surface area contributed by atoms with E-state index in [4.69, 9.17) is 20.8 Å². The number of hydrogen-bond donors (Lipinski definition) is 1. The third-order valence-corrected chi connectivity index (χ3v) is 5.16. The molecule has 1 aromatic heterocycles. The molecule has 5 nitrogen and oxygen atoms in total. The zero-order valence-corrected chi connectivity index (χ0v) is 17.6. The first-order chi connectivity index (χ1) is 13.5. The lowest BCUT2D eigenvalue weighted by molar-refractivity contribution is 0.415. The van der Waals surface area contributed by atoms with Gasteiger partial charge < -0.3 is 14.3 Å². The summed E-state index contributed by atoms with van der Waals surface area (Å²) in [6, 6.07) is 16.3. The Labute approximate surface area is 179 Å². The standard InChI is InChI=1S/C21H14ClIN2O3/c1-27-16-5-2-12(3-6-16)21-25-18-10-15(4-7-19(18)28-21)24-11-13-8-14(22)9-17(23)20(13)26/h2-11,26H,1H3. The van der Waals surface area contributed by atoms with Gasteiger partial charge in [0.15, 0.2) is 5.58 Å². The Hall–Kier alpha value is -2.58. The Morgan fingerprint density at radius 2 is 1.93 bits per heavy atom. The fraction of sp³-hybridized carbons (Fsp3) is 0.0476. The number of rotatable bonds is 4. The van der Waals surface area contributed by atoms with Crippen molar-refractivity contribution in [3.8, 4) is 23.0 Å². The summed E-state index contributed by atoms with van der Waals surface area (Å²) in [5.41, 5.74) is 3.48. The smallest absolute Gasteiger partial charge is 0.227 e. The van der Waals surface area contributed by atoms with E-state index in [2.05, 4.69) is 9.98 Å². The number of aromatic nitrogens is 1. The van der Waals surface area contributed by atoms with Gasteiger partial charge in [0.2, 0.25) is 5.89 Å². The number of phenolic OH excluding ortho intramolecular Hbond substituents is 1. The number of nitrogens with zero attached hydrogens (tertiary/aromatic N) is 2. The fourth-order valence-corrected chi connectivity index (χ4v) is 3.74. The summed E-state index contributed by atoms with van der Waals surface area (Å²) in [6.07, 6.45) is 1.58. The maximum atomic E-state index is 10.1. The molecule has 0 aliphatic rings. The van der Waals surface area contributed by atoms with Gasteiger partial charge in [0.25, 0.3) is 0 Å². The molecule has 0 saturated carbocycles. The van der Waals surface area contributed by atoms with Gasteiger partial charge >= 0.3 is 0 Å². The Bertz CT molecular complexity index is 1190. The average Bonchev–Trinajstić information content (AvgIpc) is 3.13. The molecule has 3 aromatic carbocycles. The van der Waals surface area contributed by atoms with Crippen LogP contribution in [0.25, 0.3) is 22.6 Å². The highest BCUT2D eigenvalue weighted by molar-refractivity contribution is 14.1. The molecule has 0 aliphatic carbocycles. The van der Waals surface area contributed by atoms with Crippen LogP contribution in [0, 0.1) is 3.57 Å². The van der Waals surface area contributed by atoms with E-state index >= 15 is 0 Å². The van der Waals surface area contributed by atoms with Crippen molar-refractivity contribution in [2.24, 2.45) is 4.99 Å². The maximum absolute atomic E-state index is 10.1. The Morgan fingerprint density at radius 3 is 2.68 bits per heavy atom. The van der Waals surface area contributed by atoms with E-state index in [1.807, 2.05) is 65.1 Å². The van der Waals surface area contributed by atoms with Gasteiger partial charge in [-0.25, -0.2) is 4.98 Å². The Morgan fingerprint density at radius 1 is 1.14 bits per heavy atom. The molecule has 28 heavy (non-hydrogen) atoms. The summed E-state index contributed by atoms with van der Waals surface area (Å²) in [6.45, 7) is 0. The van der Waals surface area contributed by atoms with Gasteiger partial charge in [-0.2, -0.15) is 0 Å². The lowest BCUT2D eigenvalue weighted by Gasteiger charge is -2.02. The van der Waals surface area contributed by atoms with Crippen LogP contribution >= 0.6 is 34.2 Å². The molecular weight excluding hydrogens is 491 g/mol. The number of ether oxygens (including phenoxy) is 1. The van der Waals surface area contributed by atoms with Gasteiger partial charge in [-0.05, 0) is 77.2 Å². The van der Waals surface area contributed by atoms with Gasteiger partial charge in [0.05, 0.1) is 16.4 Å². The minimum Gasteiger partial charge on any atom is -0.506 e. The average molecular weight is 505 g/mol. The number of aliphatic imine (C=N–C) groups is 1. The first kappa shape index (κ1) is 18.8. The van der Waals surface area contributed by atoms with E-state index in [-0.39, 0.29) is 5.75 Å². The van der Waals surface area contributed by atoms with Crippen LogP contribution in [-0.4, -0.2) is 23.4 Å². The minimum atomic E-state index is 0.151. The van der Waals surface area contributed by atoms with Crippen LogP contribution in [0.3, 0.4) is 0 Å². The zero-order valence-electron chi connectivity index (χ0n) is 14.7. The summed E-state index contributed by atoms with van der Waals surface area (Å²) >= 11 is 8.08. The number of methoxy groups -OCH3 is 1. The van der Waals surface area contributed by atoms with Crippen molar-refractivity contribution in [3.63, 3.8) is 0 Å². The summed E-state index contributed by atoms with van der Waals surface area (Å²) in [5, 5.41) is 10.7. The third-order valence-electron chi connectivity index (χ3n) is 4.12. The van der Waals surface area contributed by atoms with Crippen molar-refractivity contribution >= 4 is 57.2 Å². The number of hydrogen-bond acceptors (Lipinski definition) is 5. The zero-order chi connectivity index (χ0) is 19.7. The van der Waals surface area contributed by atoms with E-state index in [0.29, 0.717) is 36.8 Å². The molecule has 0 radical (unpaired) electrons. The van der Waals surface area contributed by atoms with Gasteiger partial charge in [-0.15, -0.1) is 0 Å². The van der Waals surface area contributed by atoms with E-state index < -0.39 is 0 Å². The highest BCUT2D eigenvalue weighted by Crippen LogP contribution is 2.30. The van der Waals surface area contributed by atoms with Gasteiger partial charge in [0.1, 0.15) is 17.0 Å². The van der Waals surface area contributed by atoms with Crippen molar-refractivity contribution in [3.05, 3.63) is 68.8 Å². The maximum Gasteiger partial charge on any atom is 0.227 e. The number of benzene rings is 3. The van der Waals surface area contributed by atoms with Crippen LogP contribution in [0.4, 0.5) is 5.69 Å². The molecule has 0 atom stereocenters. The molecule has 1 N–H and O–H groups in total. The number of halogens is 2. The van der Waals surface area contributed by atoms with Crippen molar-refractivity contribution in [1.82, 2.24) is 4.98 Å². The van der Waals surface area contributed by atoms with Crippen molar-refractivity contribution in [1.29, 1.82) is 0 Å². The third kappa shape index (κ3) is 3.83. The van der Waals surface area contributed by atoms with E-state index in [9.17, 15) is 5.11 Å². The molecule has 140 valence electrons. The van der Waals surface area contributed by atoms with E-state index in [1.54, 1.807) is 25.5 Å². The summed E-state index contributed by atoms with van der Waals surface area (Å²) < 4.78 is 11.7. The monoisotopic (exact) mass is 504 g/mol. The van der Waals surface area contributed by atoms with Gasteiger partial charge in [-0.3, -0.25) is 4.99 Å². The van der Waals surface area contributed by atoms with Crippen LogP contribution in [-0.2, 0) is 0 Å². The second-order valence-electron chi connectivity index (χ2n) is 5.98. The van der Waals surface area contributed by atoms with Crippen LogP contribution in [0.1, 0.15) is 5.56 Å². The van der Waals surface area contributed by atoms with E-state index in [0.717, 1.165) is 11.3 Å². The molecule has 1 heterocycles. The second-order valence-corrected chi connectivity index (χ2v) is 7.58. The number of fused-ring (bicyclic) bond motifs is 1. The second kappa shape index (κ2) is 7.81. The predicted molar refractivity (Wildman–Crippen MR) is 119 cm³/mol. The van der Waals surface area contributed by atoms with Crippen LogP contribution in [0.2, 0.25) is 5.02 Å². The van der Waals surface area contributed by atoms with Crippen LogP contribution in [0.15, 0.2) is 64.0 Å². The molecule has 0 unspecified atom stereocenters. The highest BCUT2D eigenvalue weighted by atomic mass is 127. The number of oxazole rings is 1. The Balaban J connectivity index is 1.65. The first-order valence-corrected chi connectivity index (χ1v) is 9.76. The molecule has 0 bridgehead atoms. The summed E-state index contributed by atoms with van der Waals surface area (Å²) in [5.74, 6) is 1.45. The molecule has 0 fully saturated rings. The van der Waals surface area contributed by atoms with Crippen molar-refractivity contribution < 1.29 is 14.3 Å². The molecule has 0 amide bonds. The number of phenols is 1. The van der Waals surface area contributed by atoms with Gasteiger partial charge in [-0.1, -0.05) is 11.6 Å². The molecular formula is C21H14ClIN2O3. The van der Waals surface area contributed by atoms with Crippen molar-refractivity contribution in [2.45, 2.75) is 0 Å². The fourth-order valence-electron chi connectivity index (χ4n) is 2.68. The topological polar surface area (TPSA) is 67.9 Å². The van der Waals surface area contributed by atoms with Gasteiger partial charge in [0, 0.05) is 22.4 Å². The predicted octanol–water partition coefficient (Wildman–Crippen LogP) is 6.22. The highest BCUT2D eigenvalue weighted by Gasteiger charge is 2.09. The first-order valence-electron chi connectivity index (χ1n) is 8.30. The minimum absolute atomic E-state index is 0.151. The van der Waals surface area contributed by atoms with Crippen LogP contribution < -0.4 is 4.74 Å². The molecule has 0 spiro atoms. The molecule has 0 aliphatic heterocycles. The molecule has 4 rings (SSSR count). The Kier molecular flexibility index (Phi) is 5.23. The molecule has 4 aromatic rings. The van der Waals surface area contributed by atoms with Crippen LogP contribution in [0.5, 0.6) is 11.5 Å². The largest absolute Gasteiger partial charge is 0.506 e.